The van der Waals surface area contributed by atoms with Crippen LogP contribution in [-0.2, 0) is 11.2 Å². The molecule has 0 saturated heterocycles. The molecule has 0 spiro atoms. The Balaban J connectivity index is 2.64. The topological polar surface area (TPSA) is 40.9 Å². The van der Waals surface area contributed by atoms with Crippen LogP contribution in [0.25, 0.3) is 0 Å². The molecule has 0 aliphatic heterocycles. The second-order valence-electron chi connectivity index (χ2n) is 2.57. The van der Waals surface area contributed by atoms with E-state index in [0.29, 0.717) is 12.7 Å². The fraction of sp³-hybridized carbons (Fsp3) is 0.222. The van der Waals surface area contributed by atoms with Crippen molar-refractivity contribution in [2.45, 2.75) is 12.5 Å². The number of rotatable bonds is 3. The predicted octanol–water partition coefficient (Wildman–Crippen LogP) is 1.22. The van der Waals surface area contributed by atoms with Gasteiger partial charge in [-0.2, -0.15) is 0 Å². The average Bonchev–Trinajstić information content (AvgIpc) is 2.09. The molecule has 0 bridgehead atoms. The van der Waals surface area contributed by atoms with Crippen molar-refractivity contribution in [2.75, 3.05) is 0 Å². The van der Waals surface area contributed by atoms with E-state index in [1.54, 1.807) is 12.1 Å². The van der Waals surface area contributed by atoms with Crippen LogP contribution in [0.1, 0.15) is 5.56 Å². The number of benzene rings is 1. The third kappa shape index (κ3) is 2.43. The molecular weight excluding hydrogens is 157 g/mol. The summed E-state index contributed by atoms with van der Waals surface area (Å²) in [5.74, 6) is -0.300. The minimum absolute atomic E-state index is 0.300. The van der Waals surface area contributed by atoms with Crippen molar-refractivity contribution in [3.63, 3.8) is 0 Å². The summed E-state index contributed by atoms with van der Waals surface area (Å²) in [7, 11) is 0. The summed E-state index contributed by atoms with van der Waals surface area (Å²) in [6.45, 7) is 0. The molecule has 0 aliphatic rings. The summed E-state index contributed by atoms with van der Waals surface area (Å²) in [5, 5.41) is 0. The van der Waals surface area contributed by atoms with Crippen molar-refractivity contribution < 1.29 is 9.18 Å². The van der Waals surface area contributed by atoms with Crippen LogP contribution in [0.3, 0.4) is 0 Å². The molecule has 0 aromatic heterocycles. The Morgan fingerprint density at radius 2 is 2.00 bits per heavy atom. The average molecular weight is 166 g/mol. The smallest absolute Gasteiger partial charge is 0.138 e. The summed E-state index contributed by atoms with van der Waals surface area (Å²) < 4.78 is 12.4. The number of aldehydes is 1. The van der Waals surface area contributed by atoms with Crippen LogP contribution >= 0.6 is 0 Å². The van der Waals surface area contributed by atoms with Gasteiger partial charge < -0.3 is 4.79 Å². The minimum Gasteiger partial charge on any atom is -0.302 e. The molecule has 1 rings (SSSR count). The van der Waals surface area contributed by atoms with Gasteiger partial charge >= 0.3 is 0 Å². The lowest BCUT2D eigenvalue weighted by Gasteiger charge is -2.01. The van der Waals surface area contributed by atoms with Gasteiger partial charge in [-0.3, -0.25) is 0 Å². The standard InChI is InChI=1S/C9H9FNO/c10-8-3-1-7(2-4-8)5-9(11)6-12/h1-4,6,9,11H,5H2. The first-order chi connectivity index (χ1) is 5.72. The SMILES string of the molecule is [NH]C(C=O)Cc1ccc(F)cc1. The maximum atomic E-state index is 12.4. The van der Waals surface area contributed by atoms with Crippen LogP contribution in [0, 0.1) is 5.82 Å². The summed E-state index contributed by atoms with van der Waals surface area (Å²) >= 11 is 0. The highest BCUT2D eigenvalue weighted by atomic mass is 19.1. The van der Waals surface area contributed by atoms with E-state index in [0.717, 1.165) is 5.56 Å². The van der Waals surface area contributed by atoms with Crippen LogP contribution in [0.15, 0.2) is 24.3 Å². The number of carbonyl (C=O) groups is 1. The lowest BCUT2D eigenvalue weighted by Crippen LogP contribution is -2.13. The Hall–Kier alpha value is -1.22. The monoisotopic (exact) mass is 166 g/mol. The third-order valence-electron chi connectivity index (χ3n) is 1.53. The van der Waals surface area contributed by atoms with Gasteiger partial charge in [0.25, 0.3) is 0 Å². The Bertz CT molecular complexity index is 258. The highest BCUT2D eigenvalue weighted by Gasteiger charge is 2.01. The molecule has 1 aromatic carbocycles. The fourth-order valence-corrected chi connectivity index (χ4v) is 0.923. The largest absolute Gasteiger partial charge is 0.302 e. The molecule has 1 unspecified atom stereocenters. The van der Waals surface area contributed by atoms with Crippen molar-refractivity contribution in [3.8, 4) is 0 Å². The number of nitrogens with one attached hydrogen (secondary N) is 1. The second-order valence-corrected chi connectivity index (χ2v) is 2.57. The van der Waals surface area contributed by atoms with Gasteiger partial charge in [0.15, 0.2) is 0 Å². The number of hydrogen-bond acceptors (Lipinski definition) is 1. The van der Waals surface area contributed by atoms with Gasteiger partial charge in [-0.1, -0.05) is 12.1 Å². The molecule has 3 heteroatoms. The quantitative estimate of drug-likeness (QED) is 0.622. The predicted molar refractivity (Wildman–Crippen MR) is 43.1 cm³/mol. The van der Waals surface area contributed by atoms with Crippen molar-refractivity contribution in [2.24, 2.45) is 0 Å². The Labute approximate surface area is 70.2 Å². The van der Waals surface area contributed by atoms with E-state index in [2.05, 4.69) is 0 Å². The van der Waals surface area contributed by atoms with Gasteiger partial charge in [0.2, 0.25) is 0 Å². The van der Waals surface area contributed by atoms with E-state index in [1.165, 1.54) is 12.1 Å². The first-order valence-corrected chi connectivity index (χ1v) is 3.63. The van der Waals surface area contributed by atoms with Crippen LogP contribution < -0.4 is 5.73 Å². The Kier molecular flexibility index (Phi) is 2.94. The minimum atomic E-state index is -0.740. The van der Waals surface area contributed by atoms with Crippen molar-refractivity contribution in [1.82, 2.24) is 5.73 Å². The van der Waals surface area contributed by atoms with Gasteiger partial charge in [0.05, 0.1) is 6.04 Å². The maximum absolute atomic E-state index is 12.4. The maximum Gasteiger partial charge on any atom is 0.138 e. The molecule has 1 atom stereocenters. The zero-order chi connectivity index (χ0) is 8.97. The summed E-state index contributed by atoms with van der Waals surface area (Å²) in [4.78, 5) is 10.1. The van der Waals surface area contributed by atoms with Gasteiger partial charge in [-0.05, 0) is 24.1 Å². The third-order valence-corrected chi connectivity index (χ3v) is 1.53. The van der Waals surface area contributed by atoms with Gasteiger partial charge in [-0.15, -0.1) is 0 Å². The molecular formula is C9H9FNO. The summed E-state index contributed by atoms with van der Waals surface area (Å²) in [6, 6.07) is 5.08. The van der Waals surface area contributed by atoms with E-state index in [1.807, 2.05) is 0 Å². The molecule has 0 heterocycles. The first-order valence-electron chi connectivity index (χ1n) is 3.63. The Morgan fingerprint density at radius 3 is 2.50 bits per heavy atom. The van der Waals surface area contributed by atoms with Gasteiger partial charge in [0.1, 0.15) is 12.1 Å². The molecule has 1 aromatic rings. The van der Waals surface area contributed by atoms with Crippen molar-refractivity contribution >= 4 is 6.29 Å². The lowest BCUT2D eigenvalue weighted by atomic mass is 10.1. The van der Waals surface area contributed by atoms with Gasteiger partial charge in [-0.25, -0.2) is 10.1 Å². The highest BCUT2D eigenvalue weighted by molar-refractivity contribution is 5.57. The van der Waals surface area contributed by atoms with Gasteiger partial charge in [0, 0.05) is 0 Å². The normalized spacial score (nSPS) is 12.5. The molecule has 0 aliphatic carbocycles. The lowest BCUT2D eigenvalue weighted by molar-refractivity contribution is -0.109. The van der Waals surface area contributed by atoms with Crippen LogP contribution in [0.5, 0.6) is 0 Å². The molecule has 63 valence electrons. The van der Waals surface area contributed by atoms with E-state index in [9.17, 15) is 9.18 Å². The molecule has 12 heavy (non-hydrogen) atoms. The Morgan fingerprint density at radius 1 is 1.42 bits per heavy atom. The molecule has 1 radical (unpaired) electrons. The zero-order valence-electron chi connectivity index (χ0n) is 6.46. The number of hydrogen-bond donors (Lipinski definition) is 0. The summed E-state index contributed by atoms with van der Waals surface area (Å²) in [6.07, 6.45) is 0.924. The fourth-order valence-electron chi connectivity index (χ4n) is 0.923. The second kappa shape index (κ2) is 3.97. The molecule has 2 nitrogen and oxygen atoms in total. The summed E-state index contributed by atoms with van der Waals surface area (Å²) in [5.41, 5.74) is 7.96. The van der Waals surface area contributed by atoms with E-state index in [-0.39, 0.29) is 5.82 Å². The molecule has 0 fully saturated rings. The number of halogens is 1. The molecule has 0 saturated carbocycles. The molecule has 1 N–H and O–H groups in total. The van der Waals surface area contributed by atoms with E-state index >= 15 is 0 Å². The number of carbonyl (C=O) groups excluding carboxylic acids is 1. The van der Waals surface area contributed by atoms with Crippen molar-refractivity contribution in [3.05, 3.63) is 35.6 Å². The van der Waals surface area contributed by atoms with Crippen LogP contribution in [0.2, 0.25) is 0 Å². The van der Waals surface area contributed by atoms with Crippen LogP contribution in [-0.4, -0.2) is 12.3 Å². The zero-order valence-corrected chi connectivity index (χ0v) is 6.46. The van der Waals surface area contributed by atoms with Crippen LogP contribution in [0.4, 0.5) is 4.39 Å². The van der Waals surface area contributed by atoms with E-state index < -0.39 is 6.04 Å². The first kappa shape index (κ1) is 8.87. The highest BCUT2D eigenvalue weighted by Crippen LogP contribution is 2.04. The van der Waals surface area contributed by atoms with E-state index in [4.69, 9.17) is 5.73 Å². The van der Waals surface area contributed by atoms with Crippen molar-refractivity contribution in [1.29, 1.82) is 0 Å². The molecule has 0 amide bonds.